The molecule has 1 amide bonds. The molecule has 6 nitrogen and oxygen atoms in total. The number of fused-ring (bicyclic) bond motifs is 2. The number of amides is 1. The van der Waals surface area contributed by atoms with Crippen LogP contribution in [0.15, 0.2) is 36.4 Å². The maximum Gasteiger partial charge on any atom is 0.335 e. The van der Waals surface area contributed by atoms with E-state index >= 15 is 0 Å². The maximum atomic E-state index is 12.6. The van der Waals surface area contributed by atoms with E-state index in [9.17, 15) is 9.59 Å². The number of aromatic amines is 1. The number of hydrogen-bond acceptors (Lipinski definition) is 3. The molecule has 1 aliphatic rings. The summed E-state index contributed by atoms with van der Waals surface area (Å²) in [5.41, 5.74) is 4.24. The zero-order valence-electron chi connectivity index (χ0n) is 14.4. The molecule has 6 heteroatoms. The third kappa shape index (κ3) is 2.94. The normalized spacial score (nSPS) is 16.3. The van der Waals surface area contributed by atoms with Crippen molar-refractivity contribution in [1.82, 2.24) is 15.5 Å². The number of H-pyrrole nitrogens is 1. The second kappa shape index (κ2) is 6.29. The number of carboxylic acid groups (broad SMARTS) is 1. The highest BCUT2D eigenvalue weighted by molar-refractivity contribution is 6.00. The van der Waals surface area contributed by atoms with Gasteiger partial charge in [0.2, 0.25) is 0 Å². The predicted molar refractivity (Wildman–Crippen MR) is 97.5 cm³/mol. The summed E-state index contributed by atoms with van der Waals surface area (Å²) in [4.78, 5) is 23.7. The Morgan fingerprint density at radius 2 is 1.85 bits per heavy atom. The Hall–Kier alpha value is -3.15. The fraction of sp³-hybridized carbons (Fsp3) is 0.250. The Kier molecular flexibility index (Phi) is 3.95. The molecule has 3 aromatic rings. The zero-order valence-corrected chi connectivity index (χ0v) is 14.4. The fourth-order valence-electron chi connectivity index (χ4n) is 3.57. The molecule has 1 unspecified atom stereocenters. The number of aromatic carboxylic acids is 1. The Balaban J connectivity index is 1.51. The number of aromatic nitrogens is 2. The topological polar surface area (TPSA) is 95.1 Å². The average molecular weight is 349 g/mol. The second-order valence-electron chi connectivity index (χ2n) is 6.77. The van der Waals surface area contributed by atoms with E-state index in [2.05, 4.69) is 15.5 Å². The summed E-state index contributed by atoms with van der Waals surface area (Å²) in [5.74, 6) is -1.08. The van der Waals surface area contributed by atoms with Crippen LogP contribution in [0.3, 0.4) is 0 Å². The SMILES string of the molecule is Cc1[nH]nc2c1CCC(NC(=O)c1ccc3cc(C(=O)O)ccc3c1)C2. The van der Waals surface area contributed by atoms with Crippen LogP contribution in [0.2, 0.25) is 0 Å². The summed E-state index contributed by atoms with van der Waals surface area (Å²) >= 11 is 0. The van der Waals surface area contributed by atoms with Crippen LogP contribution in [0, 0.1) is 6.92 Å². The van der Waals surface area contributed by atoms with Crippen molar-refractivity contribution < 1.29 is 14.7 Å². The summed E-state index contributed by atoms with van der Waals surface area (Å²) in [5, 5.41) is 21.1. The predicted octanol–water partition coefficient (Wildman–Crippen LogP) is 2.86. The molecule has 132 valence electrons. The summed E-state index contributed by atoms with van der Waals surface area (Å²) in [6.45, 7) is 2.02. The van der Waals surface area contributed by atoms with E-state index < -0.39 is 5.97 Å². The molecule has 2 aromatic carbocycles. The first-order chi connectivity index (χ1) is 12.5. The smallest absolute Gasteiger partial charge is 0.335 e. The van der Waals surface area contributed by atoms with Crippen LogP contribution in [0.25, 0.3) is 10.8 Å². The van der Waals surface area contributed by atoms with Gasteiger partial charge in [-0.25, -0.2) is 4.79 Å². The number of carbonyl (C=O) groups excluding carboxylic acids is 1. The van der Waals surface area contributed by atoms with Crippen molar-refractivity contribution in [2.75, 3.05) is 0 Å². The molecular formula is C20H19N3O3. The van der Waals surface area contributed by atoms with Gasteiger partial charge in [0.15, 0.2) is 0 Å². The quantitative estimate of drug-likeness (QED) is 0.677. The van der Waals surface area contributed by atoms with Crippen molar-refractivity contribution in [3.63, 3.8) is 0 Å². The number of nitrogens with zero attached hydrogens (tertiary/aromatic N) is 1. The molecule has 0 saturated carbocycles. The molecular weight excluding hydrogens is 330 g/mol. The number of aryl methyl sites for hydroxylation is 1. The summed E-state index contributed by atoms with van der Waals surface area (Å²) in [7, 11) is 0. The molecule has 0 saturated heterocycles. The van der Waals surface area contributed by atoms with E-state index in [1.54, 1.807) is 36.4 Å². The first-order valence-electron chi connectivity index (χ1n) is 8.62. The van der Waals surface area contributed by atoms with Gasteiger partial charge in [-0.05, 0) is 60.4 Å². The van der Waals surface area contributed by atoms with Crippen LogP contribution in [0.4, 0.5) is 0 Å². The van der Waals surface area contributed by atoms with Crippen LogP contribution in [-0.2, 0) is 12.8 Å². The zero-order chi connectivity index (χ0) is 18.3. The molecule has 26 heavy (non-hydrogen) atoms. The van der Waals surface area contributed by atoms with E-state index in [4.69, 9.17) is 5.11 Å². The van der Waals surface area contributed by atoms with E-state index in [0.29, 0.717) is 5.56 Å². The van der Waals surface area contributed by atoms with Crippen molar-refractivity contribution in [2.45, 2.75) is 32.2 Å². The van der Waals surface area contributed by atoms with E-state index in [-0.39, 0.29) is 17.5 Å². The Bertz CT molecular complexity index is 1020. The van der Waals surface area contributed by atoms with Gasteiger partial charge < -0.3 is 10.4 Å². The van der Waals surface area contributed by atoms with Crippen molar-refractivity contribution in [1.29, 1.82) is 0 Å². The van der Waals surface area contributed by atoms with Gasteiger partial charge in [-0.15, -0.1) is 0 Å². The van der Waals surface area contributed by atoms with Gasteiger partial charge in [0, 0.05) is 23.7 Å². The minimum Gasteiger partial charge on any atom is -0.478 e. The van der Waals surface area contributed by atoms with Crippen molar-refractivity contribution >= 4 is 22.6 Å². The number of nitrogens with one attached hydrogen (secondary N) is 2. The number of hydrogen-bond donors (Lipinski definition) is 3. The molecule has 1 aromatic heterocycles. The number of rotatable bonds is 3. The van der Waals surface area contributed by atoms with Crippen molar-refractivity contribution in [3.05, 3.63) is 64.5 Å². The van der Waals surface area contributed by atoms with Crippen LogP contribution < -0.4 is 5.32 Å². The third-order valence-electron chi connectivity index (χ3n) is 5.03. The van der Waals surface area contributed by atoms with Crippen LogP contribution in [0.5, 0.6) is 0 Å². The third-order valence-corrected chi connectivity index (χ3v) is 5.03. The van der Waals surface area contributed by atoms with E-state index in [1.165, 1.54) is 5.56 Å². The number of carbonyl (C=O) groups is 2. The van der Waals surface area contributed by atoms with Gasteiger partial charge in [0.1, 0.15) is 0 Å². The highest BCUT2D eigenvalue weighted by Gasteiger charge is 2.24. The lowest BCUT2D eigenvalue weighted by Crippen LogP contribution is -2.38. The van der Waals surface area contributed by atoms with Gasteiger partial charge in [0.05, 0.1) is 11.3 Å². The van der Waals surface area contributed by atoms with Crippen molar-refractivity contribution in [3.8, 4) is 0 Å². The lowest BCUT2D eigenvalue weighted by Gasteiger charge is -2.23. The molecule has 1 heterocycles. The maximum absolute atomic E-state index is 12.6. The van der Waals surface area contributed by atoms with E-state index in [0.717, 1.165) is 41.4 Å². The average Bonchev–Trinajstić information content (AvgIpc) is 3.01. The van der Waals surface area contributed by atoms with Gasteiger partial charge >= 0.3 is 5.97 Å². The first kappa shape index (κ1) is 16.3. The molecule has 1 aliphatic carbocycles. The van der Waals surface area contributed by atoms with Gasteiger partial charge in [0.25, 0.3) is 5.91 Å². The number of benzene rings is 2. The molecule has 1 atom stereocenters. The Morgan fingerprint density at radius 1 is 1.15 bits per heavy atom. The lowest BCUT2D eigenvalue weighted by molar-refractivity contribution is 0.0696. The Morgan fingerprint density at radius 3 is 2.58 bits per heavy atom. The van der Waals surface area contributed by atoms with Crippen molar-refractivity contribution in [2.24, 2.45) is 0 Å². The highest BCUT2D eigenvalue weighted by Crippen LogP contribution is 2.23. The molecule has 3 N–H and O–H groups in total. The summed E-state index contributed by atoms with van der Waals surface area (Å²) in [6.07, 6.45) is 2.55. The van der Waals surface area contributed by atoms with Gasteiger partial charge in [-0.2, -0.15) is 5.10 Å². The van der Waals surface area contributed by atoms with Crippen LogP contribution in [-0.4, -0.2) is 33.2 Å². The monoisotopic (exact) mass is 349 g/mol. The lowest BCUT2D eigenvalue weighted by atomic mass is 9.92. The molecule has 0 aliphatic heterocycles. The molecule has 0 spiro atoms. The minimum absolute atomic E-state index is 0.0720. The standard InChI is InChI=1S/C20H19N3O3/c1-11-17-7-6-16(10-18(17)23-22-11)21-19(24)14-4-2-13-9-15(20(25)26)5-3-12(13)8-14/h2-5,8-9,16H,6-7,10H2,1H3,(H,21,24)(H,22,23)(H,25,26). The van der Waals surface area contributed by atoms with Crippen LogP contribution >= 0.6 is 0 Å². The molecule has 4 rings (SSSR count). The number of carboxylic acids is 1. The Labute approximate surface area is 150 Å². The molecule has 0 fully saturated rings. The van der Waals surface area contributed by atoms with Crippen LogP contribution in [0.1, 0.15) is 44.1 Å². The first-order valence-corrected chi connectivity index (χ1v) is 8.62. The minimum atomic E-state index is -0.959. The fourth-order valence-corrected chi connectivity index (χ4v) is 3.57. The van der Waals surface area contributed by atoms with Gasteiger partial charge in [-0.1, -0.05) is 12.1 Å². The highest BCUT2D eigenvalue weighted by atomic mass is 16.4. The molecule has 0 radical (unpaired) electrons. The second-order valence-corrected chi connectivity index (χ2v) is 6.77. The largest absolute Gasteiger partial charge is 0.478 e. The molecule has 0 bridgehead atoms. The van der Waals surface area contributed by atoms with Gasteiger partial charge in [-0.3, -0.25) is 9.89 Å². The summed E-state index contributed by atoms with van der Waals surface area (Å²) < 4.78 is 0. The summed E-state index contributed by atoms with van der Waals surface area (Å²) in [6, 6.07) is 10.3. The van der Waals surface area contributed by atoms with E-state index in [1.807, 2.05) is 6.92 Å².